The fourth-order valence-electron chi connectivity index (χ4n) is 2.94. The topological polar surface area (TPSA) is 86.5 Å². The highest BCUT2D eigenvalue weighted by atomic mass is 16.7. The number of carbonyl (C=O) groups excluding carboxylic acids is 1. The minimum Gasteiger partial charge on any atom is -0.454 e. The summed E-state index contributed by atoms with van der Waals surface area (Å²) in [5.74, 6) is 1.21. The Hall–Kier alpha value is -3.09. The molecule has 4 rings (SSSR count). The molecule has 0 spiro atoms. The summed E-state index contributed by atoms with van der Waals surface area (Å²) in [5.41, 5.74) is 3.15. The Balaban J connectivity index is 1.63. The van der Waals surface area contributed by atoms with Crippen LogP contribution in [-0.2, 0) is 0 Å². The van der Waals surface area contributed by atoms with Gasteiger partial charge >= 0.3 is 0 Å². The van der Waals surface area contributed by atoms with Gasteiger partial charge in [0.05, 0.1) is 22.7 Å². The van der Waals surface area contributed by atoms with Crippen molar-refractivity contribution in [2.45, 2.75) is 26.8 Å². The van der Waals surface area contributed by atoms with Crippen molar-refractivity contribution in [1.82, 2.24) is 15.5 Å². The molecule has 3 aromatic rings. The fourth-order valence-corrected chi connectivity index (χ4v) is 2.94. The van der Waals surface area contributed by atoms with Gasteiger partial charge in [0.15, 0.2) is 11.5 Å². The van der Waals surface area contributed by atoms with Crippen molar-refractivity contribution in [3.63, 3.8) is 0 Å². The lowest BCUT2D eigenvalue weighted by Crippen LogP contribution is -2.27. The monoisotopic (exact) mass is 339 g/mol. The molecule has 25 heavy (non-hydrogen) atoms. The lowest BCUT2D eigenvalue weighted by atomic mass is 10.1. The number of rotatable bonds is 3. The van der Waals surface area contributed by atoms with Gasteiger partial charge in [-0.05, 0) is 44.5 Å². The number of nitrogens with one attached hydrogen (secondary N) is 1. The van der Waals surface area contributed by atoms with E-state index in [4.69, 9.17) is 14.0 Å². The van der Waals surface area contributed by atoms with Crippen molar-refractivity contribution in [2.24, 2.45) is 0 Å². The number of hydrogen-bond acceptors (Lipinski definition) is 6. The van der Waals surface area contributed by atoms with E-state index in [1.54, 1.807) is 13.0 Å². The molecule has 7 heteroatoms. The Labute approximate surface area is 143 Å². The number of aromatic nitrogens is 2. The van der Waals surface area contributed by atoms with Crippen LogP contribution in [-0.4, -0.2) is 22.8 Å². The van der Waals surface area contributed by atoms with E-state index in [0.29, 0.717) is 39.6 Å². The molecule has 1 amide bonds. The van der Waals surface area contributed by atoms with Crippen LogP contribution in [0.4, 0.5) is 0 Å². The second-order valence-corrected chi connectivity index (χ2v) is 6.07. The molecule has 128 valence electrons. The van der Waals surface area contributed by atoms with Gasteiger partial charge in [0, 0.05) is 5.69 Å². The van der Waals surface area contributed by atoms with Gasteiger partial charge in [-0.2, -0.15) is 0 Å². The summed E-state index contributed by atoms with van der Waals surface area (Å²) >= 11 is 0. The van der Waals surface area contributed by atoms with E-state index in [-0.39, 0.29) is 18.7 Å². The van der Waals surface area contributed by atoms with E-state index in [1.165, 1.54) is 0 Å². The minimum absolute atomic E-state index is 0.202. The third kappa shape index (κ3) is 2.67. The molecule has 1 aromatic carbocycles. The molecular weight excluding hydrogens is 322 g/mol. The Bertz CT molecular complexity index is 980. The fraction of sp³-hybridized carbons (Fsp3) is 0.278. The molecule has 1 aliphatic heterocycles. The number of pyridine rings is 1. The Kier molecular flexibility index (Phi) is 3.56. The van der Waals surface area contributed by atoms with E-state index >= 15 is 0 Å². The summed E-state index contributed by atoms with van der Waals surface area (Å²) in [6.07, 6.45) is 0. The maximum Gasteiger partial charge on any atom is 0.258 e. The Morgan fingerprint density at radius 1 is 1.20 bits per heavy atom. The maximum atomic E-state index is 12.8. The standard InChI is InChI=1S/C18H17N3O4/c1-9-6-13(16-11(3)21-25-18(16)19-9)17(22)20-10(2)12-4-5-14-15(7-12)24-8-23-14/h4-7,10H,8H2,1-3H3,(H,20,22). The third-order valence-corrected chi connectivity index (χ3v) is 4.23. The average Bonchev–Trinajstić information content (AvgIpc) is 3.20. The normalized spacial score (nSPS) is 13.9. The first kappa shape index (κ1) is 15.4. The summed E-state index contributed by atoms with van der Waals surface area (Å²) < 4.78 is 15.9. The molecule has 0 aliphatic carbocycles. The molecule has 1 N–H and O–H groups in total. The van der Waals surface area contributed by atoms with Gasteiger partial charge in [-0.3, -0.25) is 4.79 Å². The summed E-state index contributed by atoms with van der Waals surface area (Å²) in [5, 5.41) is 7.56. The highest BCUT2D eigenvalue weighted by Crippen LogP contribution is 2.34. The zero-order valence-corrected chi connectivity index (χ0v) is 14.1. The van der Waals surface area contributed by atoms with E-state index < -0.39 is 0 Å². The van der Waals surface area contributed by atoms with Crippen LogP contribution in [0.2, 0.25) is 0 Å². The van der Waals surface area contributed by atoms with Crippen molar-refractivity contribution >= 4 is 17.0 Å². The van der Waals surface area contributed by atoms with E-state index in [1.807, 2.05) is 32.0 Å². The largest absolute Gasteiger partial charge is 0.454 e. The summed E-state index contributed by atoms with van der Waals surface area (Å²) in [4.78, 5) is 17.1. The quantitative estimate of drug-likeness (QED) is 0.789. The zero-order chi connectivity index (χ0) is 17.6. The van der Waals surface area contributed by atoms with Crippen molar-refractivity contribution in [3.8, 4) is 11.5 Å². The van der Waals surface area contributed by atoms with Crippen LogP contribution in [0.3, 0.4) is 0 Å². The molecular formula is C18H17N3O4. The number of benzene rings is 1. The second kappa shape index (κ2) is 5.77. The maximum absolute atomic E-state index is 12.8. The average molecular weight is 339 g/mol. The summed E-state index contributed by atoms with van der Waals surface area (Å²) in [6, 6.07) is 7.18. The van der Waals surface area contributed by atoms with Gasteiger partial charge in [-0.25, -0.2) is 4.98 Å². The molecule has 0 saturated heterocycles. The van der Waals surface area contributed by atoms with E-state index in [2.05, 4.69) is 15.5 Å². The van der Waals surface area contributed by atoms with Crippen LogP contribution in [0.5, 0.6) is 11.5 Å². The van der Waals surface area contributed by atoms with Gasteiger partial charge in [-0.1, -0.05) is 11.2 Å². The molecule has 0 fully saturated rings. The molecule has 1 unspecified atom stereocenters. The highest BCUT2D eigenvalue weighted by Gasteiger charge is 2.21. The number of carbonyl (C=O) groups is 1. The van der Waals surface area contributed by atoms with Crippen LogP contribution in [0.1, 0.15) is 40.3 Å². The summed E-state index contributed by atoms with van der Waals surface area (Å²) in [7, 11) is 0. The van der Waals surface area contributed by atoms with Crippen LogP contribution >= 0.6 is 0 Å². The summed E-state index contributed by atoms with van der Waals surface area (Å²) in [6.45, 7) is 5.75. The first-order chi connectivity index (χ1) is 12.0. The van der Waals surface area contributed by atoms with Crippen LogP contribution in [0, 0.1) is 13.8 Å². The lowest BCUT2D eigenvalue weighted by Gasteiger charge is -2.15. The number of hydrogen-bond donors (Lipinski definition) is 1. The van der Waals surface area contributed by atoms with Gasteiger partial charge in [0.2, 0.25) is 6.79 Å². The third-order valence-electron chi connectivity index (χ3n) is 4.23. The molecule has 1 aliphatic rings. The van der Waals surface area contributed by atoms with Crippen molar-refractivity contribution in [1.29, 1.82) is 0 Å². The molecule has 2 aromatic heterocycles. The van der Waals surface area contributed by atoms with Crippen molar-refractivity contribution in [2.75, 3.05) is 6.79 Å². The van der Waals surface area contributed by atoms with Crippen molar-refractivity contribution in [3.05, 3.63) is 46.8 Å². The number of aryl methyl sites for hydroxylation is 2. The smallest absolute Gasteiger partial charge is 0.258 e. The van der Waals surface area contributed by atoms with Gasteiger partial charge in [0.25, 0.3) is 11.6 Å². The van der Waals surface area contributed by atoms with Crippen LogP contribution in [0.25, 0.3) is 11.1 Å². The molecule has 0 bridgehead atoms. The van der Waals surface area contributed by atoms with Crippen LogP contribution in [0.15, 0.2) is 28.8 Å². The van der Waals surface area contributed by atoms with Gasteiger partial charge < -0.3 is 19.3 Å². The predicted octanol–water partition coefficient (Wildman–Crippen LogP) is 3.06. The zero-order valence-electron chi connectivity index (χ0n) is 14.1. The first-order valence-corrected chi connectivity index (χ1v) is 7.97. The molecule has 3 heterocycles. The van der Waals surface area contributed by atoms with E-state index in [0.717, 1.165) is 5.56 Å². The molecule has 0 saturated carbocycles. The lowest BCUT2D eigenvalue weighted by molar-refractivity contribution is 0.0941. The van der Waals surface area contributed by atoms with Crippen molar-refractivity contribution < 1.29 is 18.8 Å². The highest BCUT2D eigenvalue weighted by molar-refractivity contribution is 6.06. The number of nitrogens with zero attached hydrogens (tertiary/aromatic N) is 2. The minimum atomic E-state index is -0.203. The number of fused-ring (bicyclic) bond motifs is 2. The second-order valence-electron chi connectivity index (χ2n) is 6.07. The molecule has 1 atom stereocenters. The SMILES string of the molecule is Cc1cc(C(=O)NC(C)c2ccc3c(c2)OCO3)c2c(C)noc2n1. The molecule has 0 radical (unpaired) electrons. The number of amides is 1. The number of ether oxygens (including phenoxy) is 2. The van der Waals surface area contributed by atoms with E-state index in [9.17, 15) is 4.79 Å². The van der Waals surface area contributed by atoms with Crippen LogP contribution < -0.4 is 14.8 Å². The Morgan fingerprint density at radius 2 is 2.00 bits per heavy atom. The van der Waals surface area contributed by atoms with Gasteiger partial charge in [0.1, 0.15) is 0 Å². The Morgan fingerprint density at radius 3 is 2.84 bits per heavy atom. The first-order valence-electron chi connectivity index (χ1n) is 7.97. The predicted molar refractivity (Wildman–Crippen MR) is 89.7 cm³/mol. The molecule has 7 nitrogen and oxygen atoms in total. The van der Waals surface area contributed by atoms with Gasteiger partial charge in [-0.15, -0.1) is 0 Å².